The van der Waals surface area contributed by atoms with E-state index in [1.165, 1.54) is 0 Å². The minimum absolute atomic E-state index is 0.0574. The lowest BCUT2D eigenvalue weighted by molar-refractivity contribution is -0.223. The molecule has 2 aromatic rings. The van der Waals surface area contributed by atoms with Gasteiger partial charge in [-0.15, -0.1) is 6.58 Å². The number of benzene rings is 1. The summed E-state index contributed by atoms with van der Waals surface area (Å²) in [6.45, 7) is 5.27. The molecule has 1 saturated carbocycles. The number of aliphatic hydroxyl groups excluding tert-OH is 2. The number of hydrogen-bond donors (Lipinski definition) is 3. The van der Waals surface area contributed by atoms with Gasteiger partial charge >= 0.3 is 0 Å². The molecule has 6 rings (SSSR count). The Kier molecular flexibility index (Phi) is 12.7. The van der Waals surface area contributed by atoms with Crippen LogP contribution in [0.3, 0.4) is 0 Å². The minimum atomic E-state index is -1.05. The van der Waals surface area contributed by atoms with Crippen LogP contribution in [-0.4, -0.2) is 80.5 Å². The molecule has 0 amide bonds. The first kappa shape index (κ1) is 35.9. The maximum Gasteiger partial charge on any atom is 0.230 e. The molecule has 2 aliphatic carbocycles. The van der Waals surface area contributed by atoms with E-state index in [0.29, 0.717) is 19.6 Å². The second kappa shape index (κ2) is 17.3. The number of nitrogens with zero attached hydrogens (tertiary/aromatic N) is 3. The van der Waals surface area contributed by atoms with Gasteiger partial charge in [0.05, 0.1) is 35.8 Å². The van der Waals surface area contributed by atoms with Crippen LogP contribution in [0.25, 0.3) is 0 Å². The standard InChI is InChI=1S/C38H51N3O7S/c1-2-19-46-38-34(49-21-14-27-25-39-15-16-40-27)24-32(41-48-35-11-5-8-20-45-35)30-22-26(9-3-6-17-42)29(10-4-7-18-43)36(37(30)38)31-23-28(44)12-13-33(31)47-38/h2,12-13,15-16,22-23,25-26,29,34-37,42-44H,1,3-11,14,17-21,24H2/t26-,29+,34-,35?,36+,37+,38+/m0/s1. The van der Waals surface area contributed by atoms with Crippen molar-refractivity contribution in [1.29, 1.82) is 0 Å². The molecule has 0 radical (unpaired) electrons. The van der Waals surface area contributed by atoms with Crippen molar-refractivity contribution in [3.8, 4) is 11.5 Å². The third-order valence-electron chi connectivity index (χ3n) is 10.3. The van der Waals surface area contributed by atoms with Crippen LogP contribution in [-0.2, 0) is 20.7 Å². The lowest BCUT2D eigenvalue weighted by atomic mass is 9.56. The number of allylic oxidation sites excluding steroid dienone is 1. The molecule has 266 valence electrons. The van der Waals surface area contributed by atoms with Crippen molar-refractivity contribution in [3.05, 3.63) is 72.4 Å². The fourth-order valence-electron chi connectivity index (χ4n) is 8.17. The van der Waals surface area contributed by atoms with E-state index in [9.17, 15) is 15.3 Å². The maximum absolute atomic E-state index is 10.8. The molecule has 0 bridgehead atoms. The molecule has 7 atom stereocenters. The summed E-state index contributed by atoms with van der Waals surface area (Å²) in [6, 6.07) is 5.42. The molecule has 3 N–H and O–H groups in total. The Bertz CT molecular complexity index is 1440. The van der Waals surface area contributed by atoms with Gasteiger partial charge in [-0.2, -0.15) is 11.8 Å². The Labute approximate surface area is 294 Å². The van der Waals surface area contributed by atoms with Crippen molar-refractivity contribution in [1.82, 2.24) is 9.97 Å². The summed E-state index contributed by atoms with van der Waals surface area (Å²) >= 11 is 1.79. The van der Waals surface area contributed by atoms with Gasteiger partial charge in [-0.25, -0.2) is 0 Å². The normalized spacial score (nSPS) is 29.8. The van der Waals surface area contributed by atoms with E-state index >= 15 is 0 Å². The Morgan fingerprint density at radius 3 is 2.71 bits per heavy atom. The van der Waals surface area contributed by atoms with Gasteiger partial charge in [-0.1, -0.05) is 30.1 Å². The number of aromatic hydroxyl groups is 1. The number of phenolic OH excluding ortho intramolecular Hbond substituents is 1. The van der Waals surface area contributed by atoms with E-state index in [1.54, 1.807) is 36.3 Å². The smallest absolute Gasteiger partial charge is 0.230 e. The van der Waals surface area contributed by atoms with Crippen LogP contribution in [0.1, 0.15) is 81.4 Å². The lowest BCUT2D eigenvalue weighted by Gasteiger charge is -2.58. The fourth-order valence-corrected chi connectivity index (χ4v) is 9.55. The SMILES string of the molecule is C=CCO[C@@]12Oc3ccc(O)cc3[C@H]3[C@H](CCCCO)[C@@H](CCCCO)C=C(C(=NOC4CCCCO4)C[C@@H]1SCCc1cnccn1)[C@H]32. The molecule has 2 fully saturated rings. The van der Waals surface area contributed by atoms with Crippen LogP contribution >= 0.6 is 11.8 Å². The monoisotopic (exact) mass is 693 g/mol. The second-order valence-electron chi connectivity index (χ2n) is 13.5. The van der Waals surface area contributed by atoms with Crippen molar-refractivity contribution in [2.24, 2.45) is 22.9 Å². The number of aliphatic hydroxyl groups is 2. The van der Waals surface area contributed by atoms with Crippen LogP contribution in [0.5, 0.6) is 11.5 Å². The molecular weight excluding hydrogens is 642 g/mol. The van der Waals surface area contributed by atoms with Gasteiger partial charge in [-0.05, 0) is 79.9 Å². The van der Waals surface area contributed by atoms with Gasteiger partial charge in [0, 0.05) is 62.5 Å². The van der Waals surface area contributed by atoms with Crippen molar-refractivity contribution in [3.63, 3.8) is 0 Å². The largest absolute Gasteiger partial charge is 0.508 e. The summed E-state index contributed by atoms with van der Waals surface area (Å²) in [5.41, 5.74) is 3.84. The maximum atomic E-state index is 10.8. The molecule has 4 aliphatic rings. The number of hydrogen-bond acceptors (Lipinski definition) is 11. The minimum Gasteiger partial charge on any atom is -0.508 e. The zero-order chi connectivity index (χ0) is 34.1. The molecule has 2 aliphatic heterocycles. The van der Waals surface area contributed by atoms with E-state index < -0.39 is 5.79 Å². The first-order valence-electron chi connectivity index (χ1n) is 18.0. The first-order chi connectivity index (χ1) is 24.1. The van der Waals surface area contributed by atoms with E-state index in [-0.39, 0.29) is 54.2 Å². The second-order valence-corrected chi connectivity index (χ2v) is 14.8. The van der Waals surface area contributed by atoms with Crippen LogP contribution in [0.15, 0.2) is 66.2 Å². The third kappa shape index (κ3) is 8.17. The third-order valence-corrected chi connectivity index (χ3v) is 11.7. The van der Waals surface area contributed by atoms with Gasteiger partial charge in [-0.3, -0.25) is 9.97 Å². The number of rotatable bonds is 17. The fraction of sp³-hybridized carbons (Fsp3) is 0.605. The molecule has 10 nitrogen and oxygen atoms in total. The van der Waals surface area contributed by atoms with Gasteiger partial charge in [0.1, 0.15) is 11.5 Å². The summed E-state index contributed by atoms with van der Waals surface area (Å²) in [6.07, 6.45) is 18.2. The lowest BCUT2D eigenvalue weighted by Crippen LogP contribution is -2.64. The Morgan fingerprint density at radius 2 is 1.96 bits per heavy atom. The van der Waals surface area contributed by atoms with Crippen molar-refractivity contribution in [2.75, 3.05) is 32.2 Å². The quantitative estimate of drug-likeness (QED) is 0.0982. The predicted molar refractivity (Wildman–Crippen MR) is 189 cm³/mol. The molecule has 1 aromatic heterocycles. The zero-order valence-corrected chi connectivity index (χ0v) is 29.1. The van der Waals surface area contributed by atoms with Crippen LogP contribution in [0.2, 0.25) is 0 Å². The molecule has 1 unspecified atom stereocenters. The molecule has 49 heavy (non-hydrogen) atoms. The zero-order valence-electron chi connectivity index (χ0n) is 28.3. The van der Waals surface area contributed by atoms with Crippen molar-refractivity contribution < 1.29 is 34.4 Å². The van der Waals surface area contributed by atoms with E-state index in [4.69, 9.17) is 24.2 Å². The number of unbranched alkanes of at least 4 members (excludes halogenated alkanes) is 2. The van der Waals surface area contributed by atoms with Crippen molar-refractivity contribution >= 4 is 17.5 Å². The topological polar surface area (TPSA) is 136 Å². The molecule has 1 saturated heterocycles. The highest BCUT2D eigenvalue weighted by molar-refractivity contribution is 8.00. The van der Waals surface area contributed by atoms with E-state index in [2.05, 4.69) is 22.6 Å². The number of aromatic nitrogens is 2. The molecule has 3 heterocycles. The van der Waals surface area contributed by atoms with Gasteiger partial charge in [0.15, 0.2) is 0 Å². The number of phenols is 1. The highest BCUT2D eigenvalue weighted by atomic mass is 32.2. The number of aryl methyl sites for hydroxylation is 1. The highest BCUT2D eigenvalue weighted by Crippen LogP contribution is 2.62. The molecule has 1 aromatic carbocycles. The average Bonchev–Trinajstić information content (AvgIpc) is 3.13. The van der Waals surface area contributed by atoms with Crippen molar-refractivity contribution in [2.45, 2.75) is 93.9 Å². The summed E-state index contributed by atoms with van der Waals surface area (Å²) < 4.78 is 20.0. The van der Waals surface area contributed by atoms with Crippen LogP contribution in [0.4, 0.5) is 0 Å². The summed E-state index contributed by atoms with van der Waals surface area (Å²) in [7, 11) is 0. The number of thioether (sulfide) groups is 1. The van der Waals surface area contributed by atoms with Gasteiger partial charge in [0.2, 0.25) is 12.1 Å². The Balaban J connectivity index is 1.47. The Hall–Kier alpha value is -2.96. The summed E-state index contributed by atoms with van der Waals surface area (Å²) in [4.78, 5) is 14.9. The van der Waals surface area contributed by atoms with E-state index in [0.717, 1.165) is 98.3 Å². The van der Waals surface area contributed by atoms with E-state index in [1.807, 2.05) is 18.3 Å². The van der Waals surface area contributed by atoms with Crippen LogP contribution in [0, 0.1) is 17.8 Å². The van der Waals surface area contributed by atoms with Gasteiger partial charge < -0.3 is 34.4 Å². The Morgan fingerprint density at radius 1 is 1.10 bits per heavy atom. The van der Waals surface area contributed by atoms with Gasteiger partial charge in [0.25, 0.3) is 0 Å². The predicted octanol–water partition coefficient (Wildman–Crippen LogP) is 6.32. The number of oxime groups is 1. The number of ether oxygens (including phenoxy) is 3. The summed E-state index contributed by atoms with van der Waals surface area (Å²) in [5, 5.41) is 35.0. The number of fused-ring (bicyclic) bond motifs is 2. The highest BCUT2D eigenvalue weighted by Gasteiger charge is 2.64. The molecular formula is C38H51N3O7S. The van der Waals surface area contributed by atoms with Crippen LogP contribution < -0.4 is 4.74 Å². The molecule has 0 spiro atoms. The first-order valence-corrected chi connectivity index (χ1v) is 19.0. The molecule has 11 heteroatoms. The summed E-state index contributed by atoms with van der Waals surface area (Å²) in [5.74, 6) is 0.706. The average molecular weight is 694 g/mol.